The third-order valence-electron chi connectivity index (χ3n) is 5.44. The Morgan fingerprint density at radius 3 is 2.70 bits per heavy atom. The second-order valence-electron chi connectivity index (χ2n) is 7.13. The largest absolute Gasteiger partial charge is 0.457 e. The van der Waals surface area contributed by atoms with Crippen LogP contribution in [0.5, 0.6) is 11.5 Å². The maximum Gasteiger partial charge on any atom is 0.244 e. The fraction of sp³-hybridized carbons (Fsp3) is 0.316. The maximum absolute atomic E-state index is 15.2. The molecule has 1 N–H and O–H groups in total. The molecule has 0 saturated carbocycles. The lowest BCUT2D eigenvalue weighted by Crippen LogP contribution is -2.45. The maximum atomic E-state index is 15.2. The van der Waals surface area contributed by atoms with Gasteiger partial charge in [-0.15, -0.1) is 0 Å². The van der Waals surface area contributed by atoms with E-state index in [1.807, 2.05) is 6.07 Å². The quantitative estimate of drug-likeness (QED) is 0.844. The molecule has 140 valence electrons. The van der Waals surface area contributed by atoms with Gasteiger partial charge in [-0.05, 0) is 43.5 Å². The second-order valence-corrected chi connectivity index (χ2v) is 9.34. The lowest BCUT2D eigenvalue weighted by molar-refractivity contribution is -0.0525. The van der Waals surface area contributed by atoms with Gasteiger partial charge < -0.3 is 9.84 Å². The summed E-state index contributed by atoms with van der Waals surface area (Å²) in [5.74, 6) is -0.798. The highest BCUT2D eigenvalue weighted by atomic mass is 32.2. The van der Waals surface area contributed by atoms with E-state index in [1.165, 1.54) is 18.2 Å². The van der Waals surface area contributed by atoms with Crippen LogP contribution in [-0.4, -0.2) is 18.5 Å². The fourth-order valence-electron chi connectivity index (χ4n) is 4.10. The highest BCUT2D eigenvalue weighted by Crippen LogP contribution is 2.63. The summed E-state index contributed by atoms with van der Waals surface area (Å²) < 4.78 is 59.7. The molecule has 0 radical (unpaired) electrons. The topological polar surface area (TPSA) is 87.4 Å². The van der Waals surface area contributed by atoms with Gasteiger partial charge in [0.15, 0.2) is 0 Å². The Kier molecular flexibility index (Phi) is 3.49. The molecule has 4 rings (SSSR count). The van der Waals surface area contributed by atoms with Gasteiger partial charge in [0.2, 0.25) is 14.8 Å². The number of hydrogen-bond acceptors (Lipinski definition) is 5. The summed E-state index contributed by atoms with van der Waals surface area (Å²) in [6.45, 7) is 2.60. The number of aliphatic hydroxyl groups is 1. The predicted molar refractivity (Wildman–Crippen MR) is 91.3 cm³/mol. The van der Waals surface area contributed by atoms with Gasteiger partial charge in [-0.25, -0.2) is 17.2 Å². The first-order valence-electron chi connectivity index (χ1n) is 8.25. The Hall–Kier alpha value is -2.50. The van der Waals surface area contributed by atoms with Crippen LogP contribution >= 0.6 is 0 Å². The molecule has 2 aliphatic rings. The van der Waals surface area contributed by atoms with Gasteiger partial charge in [0.05, 0.1) is 16.5 Å². The Morgan fingerprint density at radius 1 is 1.33 bits per heavy atom. The number of halogens is 2. The molecule has 8 heteroatoms. The standard InChI is InChI=1S/C19H15F2NO4S/c1-10-8-19(23)17-15(27(24,25)18(19,2)21)4-3-14(16(10)17)26-13-6-11(9-22)5-12(20)7-13/h3-7,10,23H,8H2,1-2H3. The molecule has 0 bridgehead atoms. The Morgan fingerprint density at radius 2 is 2.04 bits per heavy atom. The second kappa shape index (κ2) is 5.27. The number of nitriles is 1. The number of ether oxygens (including phenoxy) is 1. The predicted octanol–water partition coefficient (Wildman–Crippen LogP) is 3.66. The minimum Gasteiger partial charge on any atom is -0.457 e. The first-order chi connectivity index (χ1) is 12.5. The Labute approximate surface area is 154 Å². The van der Waals surface area contributed by atoms with Gasteiger partial charge in [0.1, 0.15) is 22.9 Å². The van der Waals surface area contributed by atoms with E-state index in [9.17, 15) is 17.9 Å². The normalized spacial score (nSPS) is 30.0. The Bertz CT molecular complexity index is 1140. The summed E-state index contributed by atoms with van der Waals surface area (Å²) in [4.78, 5) is -0.251. The van der Waals surface area contributed by atoms with Crippen molar-refractivity contribution in [3.8, 4) is 17.6 Å². The van der Waals surface area contributed by atoms with E-state index in [1.54, 1.807) is 6.92 Å². The summed E-state index contributed by atoms with van der Waals surface area (Å²) in [5, 5.41) is 17.1. The van der Waals surface area contributed by atoms with Crippen LogP contribution in [0.15, 0.2) is 35.2 Å². The molecule has 2 aromatic rings. The molecule has 0 aromatic heterocycles. The van der Waals surface area contributed by atoms with E-state index < -0.39 is 26.3 Å². The van der Waals surface area contributed by atoms with E-state index in [0.29, 0.717) is 5.56 Å². The zero-order chi connectivity index (χ0) is 19.8. The molecule has 1 aliphatic carbocycles. The SMILES string of the molecule is CC1CC2(O)c3c(ccc(Oc4cc(F)cc(C#N)c4)c31)S(=O)(=O)C2(C)F. The number of nitrogens with zero attached hydrogens (tertiary/aromatic N) is 1. The van der Waals surface area contributed by atoms with Crippen LogP contribution in [0.25, 0.3) is 0 Å². The number of sulfone groups is 1. The van der Waals surface area contributed by atoms with Crippen molar-refractivity contribution in [2.24, 2.45) is 0 Å². The molecule has 1 heterocycles. The van der Waals surface area contributed by atoms with Crippen molar-refractivity contribution in [1.82, 2.24) is 0 Å². The minimum absolute atomic E-state index is 0.00871. The number of alkyl halides is 1. The molecule has 5 nitrogen and oxygen atoms in total. The van der Waals surface area contributed by atoms with Crippen LogP contribution in [0, 0.1) is 17.1 Å². The van der Waals surface area contributed by atoms with Crippen molar-refractivity contribution in [3.05, 3.63) is 52.8 Å². The summed E-state index contributed by atoms with van der Waals surface area (Å²) >= 11 is 0. The molecule has 27 heavy (non-hydrogen) atoms. The smallest absolute Gasteiger partial charge is 0.244 e. The van der Waals surface area contributed by atoms with Crippen molar-refractivity contribution in [2.45, 2.75) is 41.7 Å². The van der Waals surface area contributed by atoms with E-state index in [2.05, 4.69) is 0 Å². The van der Waals surface area contributed by atoms with Gasteiger partial charge in [-0.2, -0.15) is 5.26 Å². The lowest BCUT2D eigenvalue weighted by atomic mass is 9.91. The molecule has 0 amide bonds. The monoisotopic (exact) mass is 391 g/mol. The molecule has 3 atom stereocenters. The molecule has 0 saturated heterocycles. The third-order valence-corrected chi connectivity index (χ3v) is 7.70. The van der Waals surface area contributed by atoms with Gasteiger partial charge in [0, 0.05) is 17.2 Å². The number of benzene rings is 2. The molecular formula is C19H15F2NO4S. The van der Waals surface area contributed by atoms with Crippen molar-refractivity contribution in [1.29, 1.82) is 5.26 Å². The van der Waals surface area contributed by atoms with Crippen molar-refractivity contribution in [3.63, 3.8) is 0 Å². The third kappa shape index (κ3) is 2.12. The van der Waals surface area contributed by atoms with Gasteiger partial charge in [-0.3, -0.25) is 0 Å². The molecular weight excluding hydrogens is 376 g/mol. The van der Waals surface area contributed by atoms with E-state index in [-0.39, 0.29) is 39.9 Å². The van der Waals surface area contributed by atoms with Crippen LogP contribution in [0.2, 0.25) is 0 Å². The summed E-state index contributed by atoms with van der Waals surface area (Å²) in [6.07, 6.45) is -0.117. The van der Waals surface area contributed by atoms with Crippen molar-refractivity contribution >= 4 is 9.84 Å². The summed E-state index contributed by atoms with van der Waals surface area (Å²) in [5.41, 5.74) is -1.72. The minimum atomic E-state index is -4.37. The first-order valence-corrected chi connectivity index (χ1v) is 9.73. The van der Waals surface area contributed by atoms with Crippen LogP contribution in [0.3, 0.4) is 0 Å². The number of rotatable bonds is 2. The van der Waals surface area contributed by atoms with Gasteiger partial charge in [-0.1, -0.05) is 6.92 Å². The molecule has 0 spiro atoms. The number of hydrogen-bond donors (Lipinski definition) is 1. The zero-order valence-corrected chi connectivity index (χ0v) is 15.3. The van der Waals surface area contributed by atoms with E-state index in [0.717, 1.165) is 19.1 Å². The van der Waals surface area contributed by atoms with Crippen LogP contribution in [0.1, 0.15) is 42.9 Å². The van der Waals surface area contributed by atoms with Crippen LogP contribution in [0.4, 0.5) is 8.78 Å². The molecule has 0 fully saturated rings. The van der Waals surface area contributed by atoms with Gasteiger partial charge >= 0.3 is 0 Å². The van der Waals surface area contributed by atoms with Crippen LogP contribution in [-0.2, 0) is 15.4 Å². The van der Waals surface area contributed by atoms with E-state index >= 15 is 4.39 Å². The van der Waals surface area contributed by atoms with Crippen molar-refractivity contribution < 1.29 is 27.0 Å². The summed E-state index contributed by atoms with van der Waals surface area (Å²) in [7, 11) is -4.37. The molecule has 1 aliphatic heterocycles. The summed E-state index contributed by atoms with van der Waals surface area (Å²) in [6, 6.07) is 7.86. The fourth-order valence-corrected chi connectivity index (χ4v) is 5.94. The van der Waals surface area contributed by atoms with Gasteiger partial charge in [0.25, 0.3) is 0 Å². The van der Waals surface area contributed by atoms with Crippen LogP contribution < -0.4 is 4.74 Å². The zero-order valence-electron chi connectivity index (χ0n) is 14.5. The first kappa shape index (κ1) is 17.9. The molecule has 2 aromatic carbocycles. The van der Waals surface area contributed by atoms with E-state index in [4.69, 9.17) is 10.00 Å². The Balaban J connectivity index is 1.91. The highest BCUT2D eigenvalue weighted by molar-refractivity contribution is 7.93. The average molecular weight is 391 g/mol. The van der Waals surface area contributed by atoms with Crippen molar-refractivity contribution in [2.75, 3.05) is 0 Å². The lowest BCUT2D eigenvalue weighted by Gasteiger charge is -2.29. The average Bonchev–Trinajstić information content (AvgIpc) is 2.92. The highest BCUT2D eigenvalue weighted by Gasteiger charge is 2.69. The molecule has 3 unspecified atom stereocenters.